The second kappa shape index (κ2) is 15.3. The standard InChI is InChI=1S/C60H41N3/c1-5-15-42(16-6-1)44-25-30-51(31-26-44)62-57-24-14-13-23-53(57)54-40-46(28-37-58(54)62)47-29-38-60-56(41-47)55-39-45(43-17-7-2-8-18-43)27-36-59(55)63(60)52-34-32-50(33-35-52)61(48-19-9-3-10-20-48)49-21-11-4-12-22-49/h1-41H. The lowest BCUT2D eigenvalue weighted by Gasteiger charge is -2.25. The third-order valence-electron chi connectivity index (χ3n) is 12.5. The van der Waals surface area contributed by atoms with E-state index in [2.05, 4.69) is 263 Å². The number of aromatic nitrogens is 2. The topological polar surface area (TPSA) is 13.1 Å². The van der Waals surface area contributed by atoms with Crippen molar-refractivity contribution in [1.82, 2.24) is 9.13 Å². The zero-order valence-corrected chi connectivity index (χ0v) is 34.5. The fourth-order valence-electron chi connectivity index (χ4n) is 9.51. The molecule has 12 rings (SSSR count). The molecule has 0 amide bonds. The van der Waals surface area contributed by atoms with E-state index in [4.69, 9.17) is 0 Å². The number of rotatable bonds is 8. The van der Waals surface area contributed by atoms with Crippen LogP contribution in [0.3, 0.4) is 0 Å². The van der Waals surface area contributed by atoms with Gasteiger partial charge in [-0.1, -0.05) is 146 Å². The summed E-state index contributed by atoms with van der Waals surface area (Å²) in [4.78, 5) is 2.31. The number of hydrogen-bond acceptors (Lipinski definition) is 1. The van der Waals surface area contributed by atoms with Gasteiger partial charge in [-0.25, -0.2) is 0 Å². The van der Waals surface area contributed by atoms with E-state index >= 15 is 0 Å². The van der Waals surface area contributed by atoms with Crippen molar-refractivity contribution in [2.24, 2.45) is 0 Å². The largest absolute Gasteiger partial charge is 0.311 e. The first-order valence-electron chi connectivity index (χ1n) is 21.6. The van der Waals surface area contributed by atoms with Crippen LogP contribution in [0.5, 0.6) is 0 Å². The summed E-state index contributed by atoms with van der Waals surface area (Å²) < 4.78 is 4.82. The van der Waals surface area contributed by atoms with Crippen molar-refractivity contribution in [3.05, 3.63) is 249 Å². The Morgan fingerprint density at radius 3 is 1.03 bits per heavy atom. The van der Waals surface area contributed by atoms with Gasteiger partial charge in [-0.15, -0.1) is 0 Å². The molecular formula is C60H41N3. The minimum absolute atomic E-state index is 1.10. The van der Waals surface area contributed by atoms with Crippen molar-refractivity contribution >= 4 is 60.7 Å². The summed E-state index contributed by atoms with van der Waals surface area (Å²) in [6.45, 7) is 0. The molecule has 0 atom stereocenters. The molecular weight excluding hydrogens is 763 g/mol. The Labute approximate surface area is 366 Å². The third-order valence-corrected chi connectivity index (χ3v) is 12.5. The highest BCUT2D eigenvalue weighted by Crippen LogP contribution is 2.41. The smallest absolute Gasteiger partial charge is 0.0541 e. The lowest BCUT2D eigenvalue weighted by Crippen LogP contribution is -2.09. The molecule has 0 saturated carbocycles. The molecule has 3 heteroatoms. The van der Waals surface area contributed by atoms with Crippen LogP contribution in [0.4, 0.5) is 17.1 Å². The van der Waals surface area contributed by atoms with Crippen molar-refractivity contribution in [3.63, 3.8) is 0 Å². The van der Waals surface area contributed by atoms with Crippen molar-refractivity contribution in [3.8, 4) is 44.8 Å². The molecule has 0 aliphatic rings. The van der Waals surface area contributed by atoms with E-state index < -0.39 is 0 Å². The number of para-hydroxylation sites is 3. The van der Waals surface area contributed by atoms with Crippen LogP contribution in [0.1, 0.15) is 0 Å². The van der Waals surface area contributed by atoms with Gasteiger partial charge >= 0.3 is 0 Å². The van der Waals surface area contributed by atoms with Crippen LogP contribution in [0.2, 0.25) is 0 Å². The molecule has 12 aromatic rings. The molecule has 0 aliphatic carbocycles. The first-order valence-corrected chi connectivity index (χ1v) is 21.6. The van der Waals surface area contributed by atoms with Gasteiger partial charge < -0.3 is 14.0 Å². The summed E-state index contributed by atoms with van der Waals surface area (Å²) in [6.07, 6.45) is 0. The molecule has 0 unspecified atom stereocenters. The van der Waals surface area contributed by atoms with Crippen molar-refractivity contribution in [2.75, 3.05) is 4.90 Å². The summed E-state index contributed by atoms with van der Waals surface area (Å²) in [7, 11) is 0. The highest BCUT2D eigenvalue weighted by atomic mass is 15.1. The summed E-state index contributed by atoms with van der Waals surface area (Å²) >= 11 is 0. The molecule has 0 bridgehead atoms. The first-order chi connectivity index (χ1) is 31.2. The van der Waals surface area contributed by atoms with Gasteiger partial charge in [-0.3, -0.25) is 0 Å². The van der Waals surface area contributed by atoms with Gasteiger partial charge in [0, 0.05) is 50.0 Å². The van der Waals surface area contributed by atoms with Gasteiger partial charge in [0.25, 0.3) is 0 Å². The Balaban J connectivity index is 0.986. The molecule has 10 aromatic carbocycles. The third kappa shape index (κ3) is 6.38. The SMILES string of the molecule is c1ccc(-c2ccc(-n3c4ccccc4c4cc(-c5ccc6c(c5)c5cc(-c7ccccc7)ccc5n6-c5ccc(N(c6ccccc6)c6ccccc6)cc5)ccc43)cc2)cc1. The highest BCUT2D eigenvalue weighted by Gasteiger charge is 2.18. The van der Waals surface area contributed by atoms with Gasteiger partial charge in [0.1, 0.15) is 0 Å². The number of nitrogens with zero attached hydrogens (tertiary/aromatic N) is 3. The second-order valence-electron chi connectivity index (χ2n) is 16.2. The Bertz CT molecular complexity index is 3530. The Kier molecular flexibility index (Phi) is 8.83. The van der Waals surface area contributed by atoms with E-state index in [1.165, 1.54) is 77.0 Å². The Morgan fingerprint density at radius 2 is 0.540 bits per heavy atom. The summed E-state index contributed by atoms with van der Waals surface area (Å²) in [5.41, 5.74) is 17.6. The number of fused-ring (bicyclic) bond motifs is 6. The van der Waals surface area contributed by atoms with Crippen LogP contribution in [-0.2, 0) is 0 Å². The number of hydrogen-bond donors (Lipinski definition) is 0. The monoisotopic (exact) mass is 803 g/mol. The highest BCUT2D eigenvalue weighted by molar-refractivity contribution is 6.13. The van der Waals surface area contributed by atoms with E-state index in [1.54, 1.807) is 0 Å². The molecule has 0 saturated heterocycles. The van der Waals surface area contributed by atoms with Gasteiger partial charge in [0.2, 0.25) is 0 Å². The van der Waals surface area contributed by atoms with Gasteiger partial charge in [-0.2, -0.15) is 0 Å². The Morgan fingerprint density at radius 1 is 0.222 bits per heavy atom. The van der Waals surface area contributed by atoms with E-state index in [0.29, 0.717) is 0 Å². The maximum Gasteiger partial charge on any atom is 0.0541 e. The molecule has 296 valence electrons. The zero-order chi connectivity index (χ0) is 41.7. The molecule has 0 spiro atoms. The second-order valence-corrected chi connectivity index (χ2v) is 16.2. The number of benzene rings is 10. The molecule has 0 N–H and O–H groups in total. The van der Waals surface area contributed by atoms with E-state index in [1.807, 2.05) is 0 Å². The number of anilines is 3. The van der Waals surface area contributed by atoms with Crippen LogP contribution in [0.25, 0.3) is 88.4 Å². The summed E-state index contributed by atoms with van der Waals surface area (Å²) in [6, 6.07) is 90.0. The van der Waals surface area contributed by atoms with Crippen LogP contribution in [-0.4, -0.2) is 9.13 Å². The van der Waals surface area contributed by atoms with Gasteiger partial charge in [0.15, 0.2) is 0 Å². The fraction of sp³-hybridized carbons (Fsp3) is 0. The average molecular weight is 804 g/mol. The first kappa shape index (κ1) is 36.5. The zero-order valence-electron chi connectivity index (χ0n) is 34.5. The van der Waals surface area contributed by atoms with Crippen LogP contribution in [0.15, 0.2) is 249 Å². The van der Waals surface area contributed by atoms with Crippen molar-refractivity contribution < 1.29 is 0 Å². The molecule has 3 nitrogen and oxygen atoms in total. The fourth-order valence-corrected chi connectivity index (χ4v) is 9.51. The quantitative estimate of drug-likeness (QED) is 0.149. The molecule has 0 radical (unpaired) electrons. The minimum atomic E-state index is 1.10. The lowest BCUT2D eigenvalue weighted by atomic mass is 9.99. The van der Waals surface area contributed by atoms with Crippen LogP contribution in [0, 0.1) is 0 Å². The molecule has 0 aliphatic heterocycles. The maximum atomic E-state index is 2.42. The maximum absolute atomic E-state index is 2.42. The molecule has 2 heterocycles. The Hall–Kier alpha value is -8.40. The van der Waals surface area contributed by atoms with Crippen molar-refractivity contribution in [1.29, 1.82) is 0 Å². The predicted molar refractivity (Wildman–Crippen MR) is 266 cm³/mol. The minimum Gasteiger partial charge on any atom is -0.311 e. The van der Waals surface area contributed by atoms with E-state index in [-0.39, 0.29) is 0 Å². The average Bonchev–Trinajstić information content (AvgIpc) is 3.87. The summed E-state index contributed by atoms with van der Waals surface area (Å²) in [5, 5.41) is 4.93. The van der Waals surface area contributed by atoms with E-state index in [9.17, 15) is 0 Å². The summed E-state index contributed by atoms with van der Waals surface area (Å²) in [5.74, 6) is 0. The van der Waals surface area contributed by atoms with Gasteiger partial charge in [-0.05, 0) is 137 Å². The molecule has 0 fully saturated rings. The van der Waals surface area contributed by atoms with Crippen LogP contribution < -0.4 is 4.90 Å². The predicted octanol–water partition coefficient (Wildman–Crippen LogP) is 16.4. The normalized spacial score (nSPS) is 11.5. The van der Waals surface area contributed by atoms with Gasteiger partial charge in [0.05, 0.1) is 22.1 Å². The van der Waals surface area contributed by atoms with Crippen molar-refractivity contribution in [2.45, 2.75) is 0 Å². The van der Waals surface area contributed by atoms with E-state index in [0.717, 1.165) is 28.4 Å². The molecule has 63 heavy (non-hydrogen) atoms. The lowest BCUT2D eigenvalue weighted by molar-refractivity contribution is 1.17. The van der Waals surface area contributed by atoms with Crippen LogP contribution >= 0.6 is 0 Å². The molecule has 2 aromatic heterocycles.